The maximum Gasteiger partial charge on any atom is 0.212 e. The van der Waals surface area contributed by atoms with Crippen molar-refractivity contribution in [2.24, 2.45) is 0 Å². The summed E-state index contributed by atoms with van der Waals surface area (Å²) in [6.45, 7) is 3.89. The van der Waals surface area contributed by atoms with Crippen LogP contribution >= 0.6 is 23.2 Å². The van der Waals surface area contributed by atoms with Gasteiger partial charge in [-0.15, -0.1) is 0 Å². The third-order valence-electron chi connectivity index (χ3n) is 2.51. The molecule has 0 fully saturated rings. The summed E-state index contributed by atoms with van der Waals surface area (Å²) in [6, 6.07) is 7.17. The van der Waals surface area contributed by atoms with Crippen molar-refractivity contribution in [3.63, 3.8) is 0 Å². The monoisotopic (exact) mass is 279 g/mol. The van der Waals surface area contributed by atoms with Crippen LogP contribution in [-0.4, -0.2) is 10.8 Å². The molecule has 0 atom stereocenters. The predicted molar refractivity (Wildman–Crippen MR) is 73.6 cm³/mol. The first-order valence-electron chi connectivity index (χ1n) is 5.41. The molecule has 2 aromatic rings. The van der Waals surface area contributed by atoms with Gasteiger partial charge in [-0.25, -0.2) is 4.98 Å². The zero-order valence-electron chi connectivity index (χ0n) is 10.00. The average Bonchev–Trinajstić information content (AvgIpc) is 2.26. The number of benzene rings is 1. The number of carbonyl (C=O) groups is 1. The van der Waals surface area contributed by atoms with Crippen LogP contribution in [0.4, 0.5) is 0 Å². The van der Waals surface area contributed by atoms with E-state index in [1.807, 2.05) is 32.0 Å². The summed E-state index contributed by atoms with van der Waals surface area (Å²) in [4.78, 5) is 16.3. The molecule has 2 rings (SSSR count). The summed E-state index contributed by atoms with van der Waals surface area (Å²) in [5.41, 5.74) is 2.88. The number of aromatic nitrogens is 1. The number of aryl methyl sites for hydroxylation is 2. The number of pyridine rings is 1. The normalized spacial score (nSPS) is 10.4. The second-order valence-corrected chi connectivity index (χ2v) is 5.03. The van der Waals surface area contributed by atoms with Gasteiger partial charge in [0.15, 0.2) is 0 Å². The molecule has 18 heavy (non-hydrogen) atoms. The fourth-order valence-corrected chi connectivity index (χ4v) is 2.29. The topological polar surface area (TPSA) is 30.0 Å². The average molecular weight is 280 g/mol. The maximum absolute atomic E-state index is 12.3. The van der Waals surface area contributed by atoms with Crippen molar-refractivity contribution in [1.82, 2.24) is 4.98 Å². The van der Waals surface area contributed by atoms with E-state index >= 15 is 0 Å². The van der Waals surface area contributed by atoms with Gasteiger partial charge in [0.05, 0.1) is 10.0 Å². The second-order valence-electron chi connectivity index (χ2n) is 4.19. The van der Waals surface area contributed by atoms with Crippen LogP contribution in [-0.2, 0) is 0 Å². The molecule has 0 aliphatic rings. The van der Waals surface area contributed by atoms with Crippen molar-refractivity contribution in [3.8, 4) is 0 Å². The fraction of sp³-hybridized carbons (Fsp3) is 0.143. The summed E-state index contributed by atoms with van der Waals surface area (Å²) in [5.74, 6) is -0.191. The van der Waals surface area contributed by atoms with Crippen molar-refractivity contribution in [1.29, 1.82) is 0 Å². The molecule has 1 heterocycles. The van der Waals surface area contributed by atoms with Gasteiger partial charge in [-0.3, -0.25) is 4.79 Å². The Balaban J connectivity index is 2.47. The molecule has 0 amide bonds. The van der Waals surface area contributed by atoms with Crippen LogP contribution in [0.15, 0.2) is 30.5 Å². The molecule has 0 radical (unpaired) electrons. The first-order chi connectivity index (χ1) is 8.47. The quantitative estimate of drug-likeness (QED) is 0.770. The third-order valence-corrected chi connectivity index (χ3v) is 3.00. The van der Waals surface area contributed by atoms with Gasteiger partial charge in [-0.05, 0) is 32.0 Å². The minimum atomic E-state index is -0.191. The highest BCUT2D eigenvalue weighted by atomic mass is 35.5. The number of ketones is 1. The van der Waals surface area contributed by atoms with Crippen molar-refractivity contribution >= 4 is 29.0 Å². The van der Waals surface area contributed by atoms with E-state index in [4.69, 9.17) is 23.2 Å². The number of halogens is 2. The van der Waals surface area contributed by atoms with E-state index in [0.717, 1.165) is 11.1 Å². The lowest BCUT2D eigenvalue weighted by Gasteiger charge is -2.05. The van der Waals surface area contributed by atoms with Crippen LogP contribution in [0.1, 0.15) is 27.2 Å². The van der Waals surface area contributed by atoms with E-state index in [2.05, 4.69) is 4.98 Å². The van der Waals surface area contributed by atoms with Gasteiger partial charge in [0, 0.05) is 11.8 Å². The number of hydrogen-bond acceptors (Lipinski definition) is 2. The summed E-state index contributed by atoms with van der Waals surface area (Å²) < 4.78 is 0. The van der Waals surface area contributed by atoms with Gasteiger partial charge in [0.1, 0.15) is 5.69 Å². The van der Waals surface area contributed by atoms with E-state index in [-0.39, 0.29) is 16.5 Å². The van der Waals surface area contributed by atoms with Crippen molar-refractivity contribution < 1.29 is 4.79 Å². The lowest BCUT2D eigenvalue weighted by Crippen LogP contribution is -2.05. The van der Waals surface area contributed by atoms with Crippen LogP contribution in [0.3, 0.4) is 0 Å². The Morgan fingerprint density at radius 1 is 1.06 bits per heavy atom. The van der Waals surface area contributed by atoms with Crippen LogP contribution in [0.2, 0.25) is 10.0 Å². The number of carbonyl (C=O) groups excluding carboxylic acids is 1. The van der Waals surface area contributed by atoms with E-state index in [0.29, 0.717) is 10.6 Å². The fourth-order valence-electron chi connectivity index (χ4n) is 1.82. The minimum Gasteiger partial charge on any atom is -0.287 e. The Bertz CT molecular complexity index is 603. The summed E-state index contributed by atoms with van der Waals surface area (Å²) in [5, 5.41) is 0.684. The zero-order chi connectivity index (χ0) is 13.3. The molecular formula is C14H11Cl2NO. The molecule has 1 aromatic carbocycles. The van der Waals surface area contributed by atoms with Crippen LogP contribution in [0.5, 0.6) is 0 Å². The van der Waals surface area contributed by atoms with Gasteiger partial charge in [-0.1, -0.05) is 40.4 Å². The maximum atomic E-state index is 12.3. The van der Waals surface area contributed by atoms with Gasteiger partial charge in [0.2, 0.25) is 5.78 Å². The molecule has 0 spiro atoms. The van der Waals surface area contributed by atoms with Crippen molar-refractivity contribution in [3.05, 3.63) is 62.9 Å². The van der Waals surface area contributed by atoms with Crippen LogP contribution in [0, 0.1) is 13.8 Å². The Kier molecular flexibility index (Phi) is 3.69. The Morgan fingerprint density at radius 3 is 2.22 bits per heavy atom. The van der Waals surface area contributed by atoms with E-state index in [1.165, 1.54) is 12.3 Å². The van der Waals surface area contributed by atoms with Gasteiger partial charge in [-0.2, -0.15) is 0 Å². The standard InChI is InChI=1S/C14H11Cl2NO/c1-8-3-9(2)5-10(4-8)14(18)13-12(16)6-11(15)7-17-13/h3-7H,1-2H3. The molecule has 0 bridgehead atoms. The molecule has 0 aliphatic carbocycles. The van der Waals surface area contributed by atoms with Gasteiger partial charge < -0.3 is 0 Å². The minimum absolute atomic E-state index is 0.191. The second kappa shape index (κ2) is 5.09. The molecule has 0 saturated heterocycles. The molecular weight excluding hydrogens is 269 g/mol. The number of nitrogens with zero attached hydrogens (tertiary/aromatic N) is 1. The van der Waals surface area contributed by atoms with Crippen molar-refractivity contribution in [2.75, 3.05) is 0 Å². The molecule has 2 nitrogen and oxygen atoms in total. The summed E-state index contributed by atoms with van der Waals surface area (Å²) in [6.07, 6.45) is 1.42. The molecule has 0 aliphatic heterocycles. The lowest BCUT2D eigenvalue weighted by atomic mass is 10.0. The number of rotatable bonds is 2. The largest absolute Gasteiger partial charge is 0.287 e. The highest BCUT2D eigenvalue weighted by Crippen LogP contribution is 2.22. The third kappa shape index (κ3) is 2.71. The van der Waals surface area contributed by atoms with Gasteiger partial charge in [0.25, 0.3) is 0 Å². The molecule has 0 unspecified atom stereocenters. The molecule has 1 aromatic heterocycles. The Hall–Kier alpha value is -1.38. The highest BCUT2D eigenvalue weighted by Gasteiger charge is 2.15. The first kappa shape index (κ1) is 13.1. The summed E-state index contributed by atoms with van der Waals surface area (Å²) in [7, 11) is 0. The molecule has 4 heteroatoms. The molecule has 0 N–H and O–H groups in total. The van der Waals surface area contributed by atoms with E-state index < -0.39 is 0 Å². The van der Waals surface area contributed by atoms with Crippen LogP contribution < -0.4 is 0 Å². The highest BCUT2D eigenvalue weighted by molar-refractivity contribution is 6.37. The Labute approximate surface area is 116 Å². The Morgan fingerprint density at radius 2 is 1.67 bits per heavy atom. The van der Waals surface area contributed by atoms with Gasteiger partial charge >= 0.3 is 0 Å². The smallest absolute Gasteiger partial charge is 0.212 e. The zero-order valence-corrected chi connectivity index (χ0v) is 11.5. The lowest BCUT2D eigenvalue weighted by molar-refractivity contribution is 0.103. The van der Waals surface area contributed by atoms with Crippen molar-refractivity contribution in [2.45, 2.75) is 13.8 Å². The number of hydrogen-bond donors (Lipinski definition) is 0. The predicted octanol–water partition coefficient (Wildman–Crippen LogP) is 4.24. The van der Waals surface area contributed by atoms with E-state index in [9.17, 15) is 4.79 Å². The molecule has 0 saturated carbocycles. The molecule has 92 valence electrons. The SMILES string of the molecule is Cc1cc(C)cc(C(=O)c2ncc(Cl)cc2Cl)c1. The van der Waals surface area contributed by atoms with E-state index in [1.54, 1.807) is 0 Å². The summed E-state index contributed by atoms with van der Waals surface area (Å²) >= 11 is 11.7. The van der Waals surface area contributed by atoms with Crippen LogP contribution in [0.25, 0.3) is 0 Å². The first-order valence-corrected chi connectivity index (χ1v) is 6.17.